The van der Waals surface area contributed by atoms with Gasteiger partial charge in [0.15, 0.2) is 5.70 Å². The van der Waals surface area contributed by atoms with Crippen LogP contribution in [0.4, 0.5) is 11.5 Å². The molecule has 4 aliphatic rings. The normalized spacial score (nSPS) is 22.8. The summed E-state index contributed by atoms with van der Waals surface area (Å²) >= 11 is 0. The maximum Gasteiger partial charge on any atom is 0.305 e. The van der Waals surface area contributed by atoms with Crippen LogP contribution in [0.15, 0.2) is 35.4 Å². The van der Waals surface area contributed by atoms with Gasteiger partial charge in [-0.05, 0) is 37.8 Å². The van der Waals surface area contributed by atoms with Crippen LogP contribution in [0.25, 0.3) is 0 Å². The highest BCUT2D eigenvalue weighted by Crippen LogP contribution is 2.39. The first-order valence-corrected chi connectivity index (χ1v) is 11.8. The highest BCUT2D eigenvalue weighted by atomic mass is 16.5. The number of nitrogens with zero attached hydrogens (tertiary/aromatic N) is 5. The molecule has 3 aliphatic heterocycles. The Labute approximate surface area is 189 Å². The van der Waals surface area contributed by atoms with E-state index in [0.717, 1.165) is 72.1 Å². The van der Waals surface area contributed by atoms with E-state index in [2.05, 4.69) is 10.3 Å². The van der Waals surface area contributed by atoms with Crippen LogP contribution in [0.1, 0.15) is 44.9 Å². The SMILES string of the molecule is COc1nc(N2CCC(N)CC2)ccc1N1C=C2C(=C(C3CCCCC3)NN2C)[N+](=O)C1. The third-order valence-electron chi connectivity index (χ3n) is 7.16. The van der Waals surface area contributed by atoms with Crippen molar-refractivity contribution in [1.29, 1.82) is 0 Å². The van der Waals surface area contributed by atoms with Gasteiger partial charge in [0.2, 0.25) is 5.88 Å². The maximum atomic E-state index is 13.2. The molecular weight excluding hydrogens is 406 g/mol. The summed E-state index contributed by atoms with van der Waals surface area (Å²) in [7, 11) is 3.60. The standard InChI is InChI=1S/C23H34N7O2/c1-27-19-14-29(15-30(31)22(19)21(26-27)16-6-4-3-5-7-16)18-8-9-20(25-23(18)32-2)28-12-10-17(24)11-13-28/h8-9,14,16-17,26H,3-7,10-13,15,24H2,1-2H3/q+1. The topological polar surface area (TPSA) is 90.0 Å². The van der Waals surface area contributed by atoms with Crippen LogP contribution in [0, 0.1) is 10.8 Å². The number of ether oxygens (including phenoxy) is 1. The molecule has 32 heavy (non-hydrogen) atoms. The molecule has 4 heterocycles. The molecule has 1 saturated heterocycles. The van der Waals surface area contributed by atoms with Crippen molar-refractivity contribution in [3.05, 3.63) is 40.3 Å². The Morgan fingerprint density at radius 2 is 1.91 bits per heavy atom. The number of fused-ring (bicyclic) bond motifs is 1. The van der Waals surface area contributed by atoms with Crippen LogP contribution in [-0.2, 0) is 0 Å². The number of likely N-dealkylation sites (N-methyl/N-ethyl adjacent to an activating group) is 1. The van der Waals surface area contributed by atoms with Crippen molar-refractivity contribution in [2.45, 2.75) is 51.0 Å². The number of aromatic nitrogens is 1. The number of methoxy groups -OCH3 is 1. The fraction of sp³-hybridized carbons (Fsp3) is 0.609. The first kappa shape index (κ1) is 21.1. The molecule has 1 saturated carbocycles. The fourth-order valence-electron chi connectivity index (χ4n) is 5.32. The van der Waals surface area contributed by atoms with Crippen LogP contribution in [0.2, 0.25) is 0 Å². The molecule has 1 aliphatic carbocycles. The molecule has 0 atom stereocenters. The van der Waals surface area contributed by atoms with Gasteiger partial charge in [-0.2, -0.15) is 4.98 Å². The summed E-state index contributed by atoms with van der Waals surface area (Å²) in [6.07, 6.45) is 10.0. The van der Waals surface area contributed by atoms with E-state index in [1.165, 1.54) is 19.3 Å². The largest absolute Gasteiger partial charge is 0.479 e. The van der Waals surface area contributed by atoms with Crippen molar-refractivity contribution in [3.8, 4) is 5.88 Å². The third kappa shape index (κ3) is 3.79. The number of anilines is 2. The van der Waals surface area contributed by atoms with E-state index >= 15 is 0 Å². The molecule has 0 amide bonds. The van der Waals surface area contributed by atoms with Crippen molar-refractivity contribution in [2.75, 3.05) is 43.7 Å². The minimum atomic E-state index is 0.209. The summed E-state index contributed by atoms with van der Waals surface area (Å²) in [6.45, 7) is 2.00. The van der Waals surface area contributed by atoms with Gasteiger partial charge in [-0.15, -0.1) is 0 Å². The number of piperidine rings is 1. The Hall–Kier alpha value is -2.81. The minimum Gasteiger partial charge on any atom is -0.479 e. The fourth-order valence-corrected chi connectivity index (χ4v) is 5.32. The number of hydrogen-bond donors (Lipinski definition) is 2. The van der Waals surface area contributed by atoms with Gasteiger partial charge in [0.25, 0.3) is 6.67 Å². The molecule has 1 aromatic heterocycles. The summed E-state index contributed by atoms with van der Waals surface area (Å²) in [6, 6.07) is 4.28. The van der Waals surface area contributed by atoms with Crippen molar-refractivity contribution in [3.63, 3.8) is 0 Å². The molecule has 0 unspecified atom stereocenters. The molecule has 5 rings (SSSR count). The minimum absolute atomic E-state index is 0.209. The first-order chi connectivity index (χ1) is 15.5. The Morgan fingerprint density at radius 1 is 1.16 bits per heavy atom. The van der Waals surface area contributed by atoms with Crippen LogP contribution >= 0.6 is 0 Å². The molecular formula is C23H34N7O2+. The highest BCUT2D eigenvalue weighted by Gasteiger charge is 2.44. The van der Waals surface area contributed by atoms with Gasteiger partial charge in [0.1, 0.15) is 17.2 Å². The number of hydrazine groups is 1. The average molecular weight is 441 g/mol. The van der Waals surface area contributed by atoms with Gasteiger partial charge >= 0.3 is 5.70 Å². The summed E-state index contributed by atoms with van der Waals surface area (Å²) < 4.78 is 6.75. The average Bonchev–Trinajstić information content (AvgIpc) is 3.16. The van der Waals surface area contributed by atoms with Gasteiger partial charge in [0, 0.05) is 43.2 Å². The summed E-state index contributed by atoms with van der Waals surface area (Å²) in [4.78, 5) is 22.2. The van der Waals surface area contributed by atoms with E-state index in [9.17, 15) is 4.91 Å². The predicted octanol–water partition coefficient (Wildman–Crippen LogP) is 2.66. The maximum absolute atomic E-state index is 13.2. The van der Waals surface area contributed by atoms with Crippen molar-refractivity contribution in [1.82, 2.24) is 15.4 Å². The molecule has 0 aromatic carbocycles. The van der Waals surface area contributed by atoms with Gasteiger partial charge in [-0.25, -0.2) is 0 Å². The number of nitroso groups, excluding NO2 is 1. The van der Waals surface area contributed by atoms with Crippen LogP contribution < -0.4 is 25.7 Å². The summed E-state index contributed by atoms with van der Waals surface area (Å²) in [5, 5.41) is 1.96. The van der Waals surface area contributed by atoms with Crippen molar-refractivity contribution < 1.29 is 9.50 Å². The van der Waals surface area contributed by atoms with Gasteiger partial charge in [-0.3, -0.25) is 15.3 Å². The number of hydrogen-bond acceptors (Lipinski definition) is 8. The summed E-state index contributed by atoms with van der Waals surface area (Å²) in [5.74, 6) is 1.85. The van der Waals surface area contributed by atoms with E-state index in [1.807, 2.05) is 35.3 Å². The molecule has 9 heteroatoms. The summed E-state index contributed by atoms with van der Waals surface area (Å²) in [5.41, 5.74) is 13.1. The van der Waals surface area contributed by atoms with Crippen LogP contribution in [-0.4, -0.2) is 54.7 Å². The lowest BCUT2D eigenvalue weighted by molar-refractivity contribution is -0.497. The molecule has 172 valence electrons. The number of nitrogens with two attached hydrogens (primary N) is 1. The predicted molar refractivity (Wildman–Crippen MR) is 124 cm³/mol. The lowest BCUT2D eigenvalue weighted by Crippen LogP contribution is -2.40. The number of nitrogens with one attached hydrogen (secondary N) is 1. The quantitative estimate of drug-likeness (QED) is 0.691. The monoisotopic (exact) mass is 440 g/mol. The zero-order valence-corrected chi connectivity index (χ0v) is 19.1. The smallest absolute Gasteiger partial charge is 0.305 e. The lowest BCUT2D eigenvalue weighted by Gasteiger charge is -2.31. The number of rotatable bonds is 4. The van der Waals surface area contributed by atoms with Crippen molar-refractivity contribution in [2.24, 2.45) is 11.7 Å². The van der Waals surface area contributed by atoms with Gasteiger partial charge in [-0.1, -0.05) is 19.3 Å². The zero-order chi connectivity index (χ0) is 22.2. The van der Waals surface area contributed by atoms with Gasteiger partial charge < -0.3 is 15.4 Å². The van der Waals surface area contributed by atoms with Crippen LogP contribution in [0.3, 0.4) is 0 Å². The van der Waals surface area contributed by atoms with E-state index in [-0.39, 0.29) is 12.7 Å². The highest BCUT2D eigenvalue weighted by molar-refractivity contribution is 5.62. The molecule has 2 fully saturated rings. The first-order valence-electron chi connectivity index (χ1n) is 11.8. The van der Waals surface area contributed by atoms with E-state index in [4.69, 9.17) is 15.5 Å². The molecule has 0 bridgehead atoms. The molecule has 1 aromatic rings. The second-order valence-corrected chi connectivity index (χ2v) is 9.29. The second kappa shape index (κ2) is 8.61. The van der Waals surface area contributed by atoms with E-state index in [0.29, 0.717) is 11.8 Å². The van der Waals surface area contributed by atoms with Gasteiger partial charge in [0.05, 0.1) is 11.9 Å². The Morgan fingerprint density at radius 3 is 2.62 bits per heavy atom. The van der Waals surface area contributed by atoms with E-state index in [1.54, 1.807) is 7.11 Å². The third-order valence-corrected chi connectivity index (χ3v) is 7.16. The zero-order valence-electron chi connectivity index (χ0n) is 19.1. The Bertz CT molecular complexity index is 946. The Balaban J connectivity index is 1.43. The second-order valence-electron chi connectivity index (χ2n) is 9.29. The molecule has 0 spiro atoms. The molecule has 3 N–H and O–H groups in total. The number of pyridine rings is 1. The Kier molecular flexibility index (Phi) is 5.67. The number of allylic oxidation sites excluding steroid dienone is 1. The molecule has 0 radical (unpaired) electrons. The lowest BCUT2D eigenvalue weighted by atomic mass is 9.86. The van der Waals surface area contributed by atoms with E-state index < -0.39 is 0 Å². The van der Waals surface area contributed by atoms with Crippen molar-refractivity contribution >= 4 is 11.5 Å². The van der Waals surface area contributed by atoms with Crippen LogP contribution in [0.5, 0.6) is 5.88 Å². The molecule has 9 nitrogen and oxygen atoms in total.